The lowest BCUT2D eigenvalue weighted by molar-refractivity contribution is -0.137. The minimum absolute atomic E-state index is 0. The first-order valence-electron chi connectivity index (χ1n) is 10.7. The van der Waals surface area contributed by atoms with Gasteiger partial charge in [-0.1, -0.05) is 6.07 Å². The Hall–Kier alpha value is -2.12. The average Bonchev–Trinajstić information content (AvgIpc) is 3.00. The van der Waals surface area contributed by atoms with Gasteiger partial charge in [-0.05, 0) is 81.2 Å². The fourth-order valence-electron chi connectivity index (χ4n) is 4.72. The highest BCUT2D eigenvalue weighted by Crippen LogP contribution is 2.33. The van der Waals surface area contributed by atoms with E-state index in [-0.39, 0.29) is 30.6 Å². The monoisotopic (exact) mass is 434 g/mol. The summed E-state index contributed by atoms with van der Waals surface area (Å²) in [6.07, 6.45) is 8.36. The molecule has 1 fully saturated rings. The smallest absolute Gasteiger partial charge is 0.350 e. The van der Waals surface area contributed by atoms with E-state index in [1.165, 1.54) is 11.1 Å². The molecule has 1 aromatic heterocycles. The molecule has 1 saturated carbocycles. The van der Waals surface area contributed by atoms with Crippen LogP contribution in [0, 0.1) is 5.92 Å². The van der Waals surface area contributed by atoms with Crippen molar-refractivity contribution in [2.45, 2.75) is 57.4 Å². The lowest BCUT2D eigenvalue weighted by Gasteiger charge is -2.27. The first-order valence-corrected chi connectivity index (χ1v) is 10.7. The van der Waals surface area contributed by atoms with E-state index in [9.17, 15) is 9.59 Å². The number of aromatic nitrogens is 3. The number of aliphatic carboxylic acids is 1. The molecule has 0 spiro atoms. The van der Waals surface area contributed by atoms with Crippen LogP contribution in [0.3, 0.4) is 0 Å². The molecule has 2 heterocycles. The maximum absolute atomic E-state index is 13.0. The van der Waals surface area contributed by atoms with Gasteiger partial charge in [0, 0.05) is 19.5 Å². The van der Waals surface area contributed by atoms with E-state index in [1.807, 2.05) is 6.07 Å². The van der Waals surface area contributed by atoms with Gasteiger partial charge >= 0.3 is 11.7 Å². The molecule has 7 nitrogen and oxygen atoms in total. The molecule has 1 aliphatic carbocycles. The normalized spacial score (nSPS) is 22.0. The fourth-order valence-corrected chi connectivity index (χ4v) is 4.72. The van der Waals surface area contributed by atoms with Crippen LogP contribution in [0.25, 0.3) is 5.69 Å². The molecule has 0 saturated heterocycles. The van der Waals surface area contributed by atoms with Gasteiger partial charge in [0.2, 0.25) is 0 Å². The summed E-state index contributed by atoms with van der Waals surface area (Å²) in [6, 6.07) is 6.44. The van der Waals surface area contributed by atoms with Crippen LogP contribution in [-0.2, 0) is 17.6 Å². The molecule has 1 aromatic carbocycles. The van der Waals surface area contributed by atoms with Crippen LogP contribution in [-0.4, -0.2) is 50.5 Å². The molecule has 30 heavy (non-hydrogen) atoms. The van der Waals surface area contributed by atoms with Gasteiger partial charge in [0.15, 0.2) is 0 Å². The summed E-state index contributed by atoms with van der Waals surface area (Å²) in [6.45, 7) is 2.11. The summed E-state index contributed by atoms with van der Waals surface area (Å²) in [4.78, 5) is 26.1. The quantitative estimate of drug-likeness (QED) is 0.782. The van der Waals surface area contributed by atoms with Crippen LogP contribution < -0.4 is 5.69 Å². The summed E-state index contributed by atoms with van der Waals surface area (Å²) in [5.41, 5.74) is 3.51. The van der Waals surface area contributed by atoms with Gasteiger partial charge in [0.25, 0.3) is 0 Å². The molecule has 2 aromatic rings. The van der Waals surface area contributed by atoms with Crippen molar-refractivity contribution in [2.24, 2.45) is 5.92 Å². The topological polar surface area (TPSA) is 80.4 Å². The van der Waals surface area contributed by atoms with Gasteiger partial charge in [0.1, 0.15) is 6.33 Å². The second-order valence-electron chi connectivity index (χ2n) is 8.59. The molecule has 164 valence electrons. The zero-order valence-electron chi connectivity index (χ0n) is 17.5. The number of fused-ring (bicyclic) bond motifs is 1. The Balaban J connectivity index is 0.00000256. The van der Waals surface area contributed by atoms with Gasteiger partial charge < -0.3 is 10.0 Å². The van der Waals surface area contributed by atoms with Crippen LogP contribution in [0.5, 0.6) is 0 Å². The number of halogens is 1. The van der Waals surface area contributed by atoms with Crippen LogP contribution in [0.4, 0.5) is 0 Å². The predicted octanol–water partition coefficient (Wildman–Crippen LogP) is 3.08. The van der Waals surface area contributed by atoms with Crippen molar-refractivity contribution >= 4 is 18.4 Å². The fraction of sp³-hybridized carbons (Fsp3) is 0.591. The van der Waals surface area contributed by atoms with Gasteiger partial charge in [-0.15, -0.1) is 12.4 Å². The van der Waals surface area contributed by atoms with Crippen LogP contribution >= 0.6 is 12.4 Å². The van der Waals surface area contributed by atoms with E-state index < -0.39 is 5.97 Å². The Bertz CT molecular complexity index is 931. The van der Waals surface area contributed by atoms with Crippen molar-refractivity contribution in [3.8, 4) is 5.69 Å². The van der Waals surface area contributed by atoms with Crippen molar-refractivity contribution in [3.05, 3.63) is 46.1 Å². The number of carboxylic acid groups (broad SMARTS) is 1. The third-order valence-electron chi connectivity index (χ3n) is 6.62. The summed E-state index contributed by atoms with van der Waals surface area (Å²) < 4.78 is 3.29. The van der Waals surface area contributed by atoms with Crippen LogP contribution in [0.2, 0.25) is 0 Å². The lowest BCUT2D eigenvalue weighted by atomic mass is 9.83. The van der Waals surface area contributed by atoms with Crippen LogP contribution in [0.1, 0.15) is 55.7 Å². The number of nitrogens with zero attached hydrogens (tertiary/aromatic N) is 4. The number of carbonyl (C=O) groups is 1. The number of rotatable bonds is 5. The standard InChI is InChI=1S/C22H30N4O3.ClH/c1-24-12-10-17-5-8-20(14-18(17)11-13-24)25-15-23-26(22(25)29)19-6-2-16(3-7-19)4-9-21(27)28;/h5,8,14-16,19H,2-4,6-7,9-13H2,1H3,(H,27,28);1H/t16-,19-;. The molecule has 1 N–H and O–H groups in total. The Labute approximate surface area is 183 Å². The summed E-state index contributed by atoms with van der Waals surface area (Å²) in [5, 5.41) is 13.3. The molecule has 4 rings (SSSR count). The molecule has 0 unspecified atom stereocenters. The Morgan fingerprint density at radius 1 is 1.13 bits per heavy atom. The van der Waals surface area contributed by atoms with E-state index in [0.29, 0.717) is 5.92 Å². The third kappa shape index (κ3) is 4.95. The third-order valence-corrected chi connectivity index (χ3v) is 6.62. The van der Waals surface area contributed by atoms with E-state index in [1.54, 1.807) is 15.6 Å². The van der Waals surface area contributed by atoms with Crippen LogP contribution in [0.15, 0.2) is 29.3 Å². The molecule has 0 bridgehead atoms. The maximum atomic E-state index is 13.0. The van der Waals surface area contributed by atoms with Gasteiger partial charge in [0.05, 0.1) is 11.7 Å². The number of likely N-dealkylation sites (N-methyl/N-ethyl adjacent to an activating group) is 1. The zero-order chi connectivity index (χ0) is 20.4. The highest BCUT2D eigenvalue weighted by molar-refractivity contribution is 5.85. The van der Waals surface area contributed by atoms with E-state index in [4.69, 9.17) is 5.11 Å². The highest BCUT2D eigenvalue weighted by atomic mass is 35.5. The molecule has 0 radical (unpaired) electrons. The van der Waals surface area contributed by atoms with Crippen molar-refractivity contribution in [1.29, 1.82) is 0 Å². The first kappa shape index (κ1) is 22.6. The van der Waals surface area contributed by atoms with Gasteiger partial charge in [-0.2, -0.15) is 5.10 Å². The second kappa shape index (κ2) is 9.79. The largest absolute Gasteiger partial charge is 0.481 e. The zero-order valence-corrected chi connectivity index (χ0v) is 18.3. The molecule has 1 aliphatic heterocycles. The van der Waals surface area contributed by atoms with Crippen molar-refractivity contribution in [1.82, 2.24) is 19.2 Å². The average molecular weight is 435 g/mol. The number of hydrogen-bond donors (Lipinski definition) is 1. The molecular formula is C22H31ClN4O3. The summed E-state index contributed by atoms with van der Waals surface area (Å²) in [7, 11) is 2.15. The maximum Gasteiger partial charge on any atom is 0.350 e. The Kier molecular flexibility index (Phi) is 7.36. The predicted molar refractivity (Wildman–Crippen MR) is 118 cm³/mol. The van der Waals surface area contributed by atoms with E-state index in [0.717, 1.165) is 63.7 Å². The number of carboxylic acids is 1. The first-order chi connectivity index (χ1) is 14.0. The van der Waals surface area contributed by atoms with Crippen molar-refractivity contribution < 1.29 is 9.90 Å². The Morgan fingerprint density at radius 3 is 2.53 bits per heavy atom. The Morgan fingerprint density at radius 2 is 1.83 bits per heavy atom. The minimum atomic E-state index is -0.727. The SMILES string of the molecule is CN1CCc2ccc(-n3cnn([C@H]4CC[C@H](CCC(=O)O)CC4)c3=O)cc2CC1.Cl. The molecule has 0 amide bonds. The molecule has 0 atom stereocenters. The molecule has 2 aliphatic rings. The molecular weight excluding hydrogens is 404 g/mol. The summed E-state index contributed by atoms with van der Waals surface area (Å²) in [5.74, 6) is -0.280. The van der Waals surface area contributed by atoms with Crippen molar-refractivity contribution in [2.75, 3.05) is 20.1 Å². The van der Waals surface area contributed by atoms with E-state index >= 15 is 0 Å². The number of hydrogen-bond acceptors (Lipinski definition) is 4. The number of benzene rings is 1. The molecule has 8 heteroatoms. The van der Waals surface area contributed by atoms with E-state index in [2.05, 4.69) is 29.2 Å². The second-order valence-corrected chi connectivity index (χ2v) is 8.59. The summed E-state index contributed by atoms with van der Waals surface area (Å²) >= 11 is 0. The minimum Gasteiger partial charge on any atom is -0.481 e. The van der Waals surface area contributed by atoms with Gasteiger partial charge in [-0.25, -0.2) is 14.0 Å². The lowest BCUT2D eigenvalue weighted by Crippen LogP contribution is -2.30. The van der Waals surface area contributed by atoms with Crippen molar-refractivity contribution in [3.63, 3.8) is 0 Å². The van der Waals surface area contributed by atoms with Gasteiger partial charge in [-0.3, -0.25) is 4.79 Å². The highest BCUT2D eigenvalue weighted by Gasteiger charge is 2.25.